The number of piperidine rings is 1. The van der Waals surface area contributed by atoms with E-state index in [9.17, 15) is 4.39 Å². The van der Waals surface area contributed by atoms with Crippen molar-refractivity contribution in [2.75, 3.05) is 18.0 Å². The van der Waals surface area contributed by atoms with E-state index in [4.69, 9.17) is 5.26 Å². The van der Waals surface area contributed by atoms with Crippen molar-refractivity contribution < 1.29 is 4.39 Å². The summed E-state index contributed by atoms with van der Waals surface area (Å²) < 4.78 is 14.0. The molecular weight excluding hydrogens is 305 g/mol. The second kappa shape index (κ2) is 7.37. The minimum Gasteiger partial charge on any atom is -0.354 e. The fourth-order valence-corrected chi connectivity index (χ4v) is 2.93. The van der Waals surface area contributed by atoms with Gasteiger partial charge in [0.05, 0.1) is 17.3 Å². The number of nitriles is 1. The molecule has 0 aliphatic carbocycles. The van der Waals surface area contributed by atoms with Gasteiger partial charge in [-0.15, -0.1) is 5.10 Å². The Balaban J connectivity index is 1.59. The molecule has 2 heterocycles. The molecule has 124 valence electrons. The molecule has 0 amide bonds. The van der Waals surface area contributed by atoms with E-state index in [-0.39, 0.29) is 11.9 Å². The number of aryl methyl sites for hydroxylation is 1. The highest BCUT2D eigenvalue weighted by Crippen LogP contribution is 2.18. The molecule has 2 aromatic rings. The molecule has 0 saturated carbocycles. The number of hydrogen-bond acceptors (Lipinski definition) is 5. The smallest absolute Gasteiger partial charge is 0.151 e. The summed E-state index contributed by atoms with van der Waals surface area (Å²) in [6.07, 6.45) is 2.11. The van der Waals surface area contributed by atoms with Crippen molar-refractivity contribution in [2.24, 2.45) is 0 Å². The zero-order valence-corrected chi connectivity index (χ0v) is 13.7. The highest BCUT2D eigenvalue weighted by molar-refractivity contribution is 5.38. The highest BCUT2D eigenvalue weighted by atomic mass is 19.1. The zero-order valence-electron chi connectivity index (χ0n) is 13.7. The molecule has 6 heteroatoms. The Kier molecular flexibility index (Phi) is 5.02. The summed E-state index contributed by atoms with van der Waals surface area (Å²) in [5.74, 6) is 0.551. The monoisotopic (exact) mass is 325 g/mol. The van der Waals surface area contributed by atoms with E-state index in [0.29, 0.717) is 17.7 Å². The Labute approximate surface area is 141 Å². The molecule has 5 nitrogen and oxygen atoms in total. The standard InChI is InChI=1S/C18H20FN5/c1-13-4-7-18(23-22-13)24-8-2-3-16(12-24)21-11-15-6-5-14(10-20)9-17(15)19/h4-7,9,16,21H,2-3,8,11-12H2,1H3/t16-/m1/s1. The lowest BCUT2D eigenvalue weighted by molar-refractivity contribution is 0.415. The number of anilines is 1. The summed E-state index contributed by atoms with van der Waals surface area (Å²) in [4.78, 5) is 2.21. The van der Waals surface area contributed by atoms with Gasteiger partial charge in [-0.2, -0.15) is 10.4 Å². The van der Waals surface area contributed by atoms with Crippen molar-refractivity contribution in [3.63, 3.8) is 0 Å². The zero-order chi connectivity index (χ0) is 16.9. The number of nitrogens with one attached hydrogen (secondary N) is 1. The summed E-state index contributed by atoms with van der Waals surface area (Å²) in [6.45, 7) is 4.16. The maximum atomic E-state index is 14.0. The van der Waals surface area contributed by atoms with Crippen LogP contribution in [0.4, 0.5) is 10.2 Å². The molecular formula is C18H20FN5. The lowest BCUT2D eigenvalue weighted by Crippen LogP contribution is -2.46. The average Bonchev–Trinajstić information content (AvgIpc) is 2.61. The summed E-state index contributed by atoms with van der Waals surface area (Å²) >= 11 is 0. The quantitative estimate of drug-likeness (QED) is 0.936. The normalized spacial score (nSPS) is 17.5. The summed E-state index contributed by atoms with van der Waals surface area (Å²) in [6, 6.07) is 10.8. The minimum absolute atomic E-state index is 0.275. The van der Waals surface area contributed by atoms with Crippen LogP contribution in [-0.2, 0) is 6.54 Å². The third-order valence-corrected chi connectivity index (χ3v) is 4.29. The molecule has 1 atom stereocenters. The van der Waals surface area contributed by atoms with Gasteiger partial charge < -0.3 is 10.2 Å². The molecule has 0 spiro atoms. The van der Waals surface area contributed by atoms with E-state index in [2.05, 4.69) is 20.4 Å². The number of nitrogens with zero attached hydrogens (tertiary/aromatic N) is 4. The Hall–Kier alpha value is -2.52. The molecule has 24 heavy (non-hydrogen) atoms. The first-order chi connectivity index (χ1) is 11.7. The highest BCUT2D eigenvalue weighted by Gasteiger charge is 2.21. The molecule has 0 radical (unpaired) electrons. The molecule has 3 rings (SSSR count). The van der Waals surface area contributed by atoms with Gasteiger partial charge in [0.15, 0.2) is 5.82 Å². The van der Waals surface area contributed by atoms with Crippen molar-refractivity contribution >= 4 is 5.82 Å². The number of aromatic nitrogens is 2. The van der Waals surface area contributed by atoms with E-state index in [0.717, 1.165) is 37.4 Å². The first kappa shape index (κ1) is 16.3. The van der Waals surface area contributed by atoms with Gasteiger partial charge in [0.1, 0.15) is 5.82 Å². The fraction of sp³-hybridized carbons (Fsp3) is 0.389. The van der Waals surface area contributed by atoms with Crippen LogP contribution in [0, 0.1) is 24.1 Å². The molecule has 1 N–H and O–H groups in total. The molecule has 1 aromatic heterocycles. The lowest BCUT2D eigenvalue weighted by atomic mass is 10.0. The van der Waals surface area contributed by atoms with Crippen LogP contribution in [0.3, 0.4) is 0 Å². The van der Waals surface area contributed by atoms with Crippen LogP contribution in [-0.4, -0.2) is 29.3 Å². The van der Waals surface area contributed by atoms with Crippen LogP contribution in [0.25, 0.3) is 0 Å². The fourth-order valence-electron chi connectivity index (χ4n) is 2.93. The van der Waals surface area contributed by atoms with Crippen molar-refractivity contribution in [1.82, 2.24) is 15.5 Å². The van der Waals surface area contributed by atoms with Crippen LogP contribution in [0.5, 0.6) is 0 Å². The van der Waals surface area contributed by atoms with Gasteiger partial charge in [-0.1, -0.05) is 6.07 Å². The van der Waals surface area contributed by atoms with Crippen LogP contribution in [0.1, 0.15) is 29.7 Å². The van der Waals surface area contributed by atoms with Gasteiger partial charge in [0.2, 0.25) is 0 Å². The number of benzene rings is 1. The van der Waals surface area contributed by atoms with Crippen molar-refractivity contribution in [3.8, 4) is 6.07 Å². The van der Waals surface area contributed by atoms with E-state index in [1.165, 1.54) is 6.07 Å². The first-order valence-electron chi connectivity index (χ1n) is 8.13. The van der Waals surface area contributed by atoms with Gasteiger partial charge >= 0.3 is 0 Å². The van der Waals surface area contributed by atoms with Gasteiger partial charge in [0, 0.05) is 31.2 Å². The SMILES string of the molecule is Cc1ccc(N2CCC[C@@H](NCc3ccc(C#N)cc3F)C2)nn1. The Morgan fingerprint density at radius 1 is 1.33 bits per heavy atom. The van der Waals surface area contributed by atoms with Gasteiger partial charge in [-0.3, -0.25) is 0 Å². The topological polar surface area (TPSA) is 64.8 Å². The number of rotatable bonds is 4. The van der Waals surface area contributed by atoms with Gasteiger partial charge in [-0.05, 0) is 44.0 Å². The van der Waals surface area contributed by atoms with Crippen molar-refractivity contribution in [3.05, 3.63) is 53.0 Å². The second-order valence-electron chi connectivity index (χ2n) is 6.12. The third kappa shape index (κ3) is 3.87. The van der Waals surface area contributed by atoms with Crippen LogP contribution in [0.15, 0.2) is 30.3 Å². The van der Waals surface area contributed by atoms with Crippen LogP contribution < -0.4 is 10.2 Å². The van der Waals surface area contributed by atoms with E-state index in [1.54, 1.807) is 12.1 Å². The van der Waals surface area contributed by atoms with E-state index >= 15 is 0 Å². The molecule has 1 aromatic carbocycles. The maximum Gasteiger partial charge on any atom is 0.151 e. The third-order valence-electron chi connectivity index (χ3n) is 4.29. The molecule has 1 aliphatic heterocycles. The van der Waals surface area contributed by atoms with Crippen molar-refractivity contribution in [2.45, 2.75) is 32.4 Å². The van der Waals surface area contributed by atoms with Crippen LogP contribution in [0.2, 0.25) is 0 Å². The van der Waals surface area contributed by atoms with Gasteiger partial charge in [0.25, 0.3) is 0 Å². The second-order valence-corrected chi connectivity index (χ2v) is 6.12. The molecule has 1 fully saturated rings. The van der Waals surface area contributed by atoms with Gasteiger partial charge in [-0.25, -0.2) is 4.39 Å². The first-order valence-corrected chi connectivity index (χ1v) is 8.13. The van der Waals surface area contributed by atoms with E-state index in [1.807, 2.05) is 25.1 Å². The van der Waals surface area contributed by atoms with E-state index < -0.39 is 0 Å². The molecule has 1 aliphatic rings. The summed E-state index contributed by atoms with van der Waals surface area (Å²) in [5.41, 5.74) is 1.83. The Bertz CT molecular complexity index is 738. The predicted octanol–water partition coefficient (Wildman–Crippen LogP) is 2.55. The average molecular weight is 325 g/mol. The lowest BCUT2D eigenvalue weighted by Gasteiger charge is -2.33. The summed E-state index contributed by atoms with van der Waals surface area (Å²) in [5, 5.41) is 20.6. The van der Waals surface area contributed by atoms with Crippen molar-refractivity contribution in [1.29, 1.82) is 5.26 Å². The molecule has 0 unspecified atom stereocenters. The number of hydrogen-bond donors (Lipinski definition) is 1. The predicted molar refractivity (Wildman–Crippen MR) is 90.0 cm³/mol. The number of halogens is 1. The largest absolute Gasteiger partial charge is 0.354 e. The molecule has 0 bridgehead atoms. The summed E-state index contributed by atoms with van der Waals surface area (Å²) in [7, 11) is 0. The van der Waals surface area contributed by atoms with Crippen LogP contribution >= 0.6 is 0 Å². The Morgan fingerprint density at radius 2 is 2.21 bits per heavy atom. The minimum atomic E-state index is -0.335. The molecule has 1 saturated heterocycles. The maximum absolute atomic E-state index is 14.0. The Morgan fingerprint density at radius 3 is 2.92 bits per heavy atom.